The van der Waals surface area contributed by atoms with E-state index in [1.807, 2.05) is 53.8 Å². The number of aromatic nitrogens is 2. The first-order valence-electron chi connectivity index (χ1n) is 8.16. The van der Waals surface area contributed by atoms with Crippen LogP contribution in [0.4, 0.5) is 0 Å². The van der Waals surface area contributed by atoms with Gasteiger partial charge in [0.05, 0.1) is 5.69 Å². The van der Waals surface area contributed by atoms with Crippen LogP contribution in [0.1, 0.15) is 44.0 Å². The lowest BCUT2D eigenvalue weighted by atomic mass is 9.98. The molecular formula is C20H24N2O3. The highest BCUT2D eigenvalue weighted by molar-refractivity contribution is 6.00. The van der Waals surface area contributed by atoms with Crippen molar-refractivity contribution in [3.05, 3.63) is 57.4 Å². The molecule has 0 aliphatic rings. The minimum absolute atomic E-state index is 0.198. The molecule has 5 heteroatoms. The summed E-state index contributed by atoms with van der Waals surface area (Å²) in [7, 11) is 1.85. The zero-order chi connectivity index (χ0) is 18.7. The summed E-state index contributed by atoms with van der Waals surface area (Å²) < 4.78 is 6.85. The number of aryl methyl sites for hydroxylation is 5. The monoisotopic (exact) mass is 340 g/mol. The van der Waals surface area contributed by atoms with Crippen LogP contribution in [0.25, 0.3) is 6.08 Å². The van der Waals surface area contributed by atoms with Crippen molar-refractivity contribution in [3.63, 3.8) is 0 Å². The van der Waals surface area contributed by atoms with Crippen LogP contribution >= 0.6 is 0 Å². The average Bonchev–Trinajstić information content (AvgIpc) is 2.79. The maximum Gasteiger partial charge on any atom is 0.331 e. The number of benzene rings is 1. The van der Waals surface area contributed by atoms with Gasteiger partial charge in [-0.05, 0) is 63.5 Å². The Kier molecular flexibility index (Phi) is 5.57. The van der Waals surface area contributed by atoms with E-state index in [-0.39, 0.29) is 12.4 Å². The smallest absolute Gasteiger partial charge is 0.331 e. The Balaban J connectivity index is 2.01. The molecule has 0 bridgehead atoms. The number of hydrogen-bond donors (Lipinski definition) is 0. The maximum atomic E-state index is 12.3. The molecule has 0 unspecified atom stereocenters. The fourth-order valence-electron chi connectivity index (χ4n) is 2.71. The molecule has 0 saturated carbocycles. The molecule has 132 valence electrons. The predicted octanol–water partition coefficient (Wildman–Crippen LogP) is 3.40. The first-order valence-corrected chi connectivity index (χ1v) is 8.16. The van der Waals surface area contributed by atoms with Crippen LogP contribution in [0.3, 0.4) is 0 Å². The molecule has 0 spiro atoms. The molecule has 0 fully saturated rings. The summed E-state index contributed by atoms with van der Waals surface area (Å²) in [4.78, 5) is 24.2. The molecule has 0 aliphatic carbocycles. The molecule has 0 amide bonds. The number of hydrogen-bond acceptors (Lipinski definition) is 4. The topological polar surface area (TPSA) is 61.2 Å². The van der Waals surface area contributed by atoms with Gasteiger partial charge in [0.25, 0.3) is 0 Å². The molecule has 1 heterocycles. The van der Waals surface area contributed by atoms with Crippen LogP contribution in [0, 0.1) is 34.6 Å². The van der Waals surface area contributed by atoms with E-state index in [0.29, 0.717) is 5.56 Å². The van der Waals surface area contributed by atoms with Crippen LogP contribution in [-0.4, -0.2) is 28.1 Å². The molecule has 0 radical (unpaired) electrons. The average molecular weight is 340 g/mol. The summed E-state index contributed by atoms with van der Waals surface area (Å²) in [6.45, 7) is 9.39. The van der Waals surface area contributed by atoms with Gasteiger partial charge in [0.15, 0.2) is 6.61 Å². The molecule has 0 saturated heterocycles. The van der Waals surface area contributed by atoms with Crippen LogP contribution in [0.2, 0.25) is 0 Å². The van der Waals surface area contributed by atoms with E-state index in [9.17, 15) is 9.59 Å². The minimum atomic E-state index is -0.544. The Morgan fingerprint density at radius 1 is 1.08 bits per heavy atom. The van der Waals surface area contributed by atoms with Crippen LogP contribution in [0.15, 0.2) is 18.2 Å². The van der Waals surface area contributed by atoms with Crippen molar-refractivity contribution in [3.8, 4) is 0 Å². The van der Waals surface area contributed by atoms with Gasteiger partial charge < -0.3 is 4.74 Å². The first-order chi connectivity index (χ1) is 11.7. The Hall–Kier alpha value is -2.69. The molecule has 0 N–H and O–H groups in total. The highest BCUT2D eigenvalue weighted by Gasteiger charge is 2.13. The van der Waals surface area contributed by atoms with Crippen molar-refractivity contribution >= 4 is 17.8 Å². The van der Waals surface area contributed by atoms with Gasteiger partial charge in [-0.1, -0.05) is 6.07 Å². The number of carbonyl (C=O) groups is 2. The van der Waals surface area contributed by atoms with Crippen molar-refractivity contribution in [1.82, 2.24) is 9.78 Å². The van der Waals surface area contributed by atoms with Gasteiger partial charge in [-0.15, -0.1) is 0 Å². The lowest BCUT2D eigenvalue weighted by Gasteiger charge is -2.09. The number of carbonyl (C=O) groups excluding carboxylic acids is 2. The van der Waals surface area contributed by atoms with Gasteiger partial charge in [-0.25, -0.2) is 4.79 Å². The highest BCUT2D eigenvalue weighted by Crippen LogP contribution is 2.16. The van der Waals surface area contributed by atoms with Crippen molar-refractivity contribution in [2.24, 2.45) is 7.05 Å². The quantitative estimate of drug-likeness (QED) is 0.475. The number of ether oxygens (including phenoxy) is 1. The molecule has 1 aromatic heterocycles. The lowest BCUT2D eigenvalue weighted by molar-refractivity contribution is -0.136. The third-order valence-electron chi connectivity index (χ3n) is 4.44. The second-order valence-electron chi connectivity index (χ2n) is 6.32. The zero-order valence-electron chi connectivity index (χ0n) is 15.6. The SMILES string of the molecule is Cc1cc(C)c(C(=O)COC(=O)/C=C\c2c(C)nn(C)c2C)cc1C. The van der Waals surface area contributed by atoms with E-state index in [2.05, 4.69) is 5.10 Å². The summed E-state index contributed by atoms with van der Waals surface area (Å²) >= 11 is 0. The lowest BCUT2D eigenvalue weighted by Crippen LogP contribution is -2.14. The maximum absolute atomic E-state index is 12.3. The van der Waals surface area contributed by atoms with Crippen molar-refractivity contribution < 1.29 is 14.3 Å². The summed E-state index contributed by atoms with van der Waals surface area (Å²) in [6, 6.07) is 3.82. The van der Waals surface area contributed by atoms with E-state index in [1.54, 1.807) is 10.8 Å². The fraction of sp³-hybridized carbons (Fsp3) is 0.350. The van der Waals surface area contributed by atoms with Crippen LogP contribution in [-0.2, 0) is 16.6 Å². The Morgan fingerprint density at radius 2 is 1.72 bits per heavy atom. The van der Waals surface area contributed by atoms with Crippen molar-refractivity contribution in [2.75, 3.05) is 6.61 Å². The molecule has 0 aliphatic heterocycles. The summed E-state index contributed by atoms with van der Waals surface area (Å²) in [5.41, 5.74) is 6.35. The van der Waals surface area contributed by atoms with E-state index < -0.39 is 5.97 Å². The van der Waals surface area contributed by atoms with Gasteiger partial charge in [-0.2, -0.15) is 5.10 Å². The Labute approximate surface area is 148 Å². The second kappa shape index (κ2) is 7.47. The van der Waals surface area contributed by atoms with E-state index in [4.69, 9.17) is 4.74 Å². The highest BCUT2D eigenvalue weighted by atomic mass is 16.5. The standard InChI is InChI=1S/C20H24N2O3/c1-12-9-14(3)18(10-13(12)2)19(23)11-25-20(24)8-7-17-15(4)21-22(6)16(17)5/h7-10H,11H2,1-6H3/b8-7-. The number of Topliss-reactive ketones (excluding diaryl/α,β-unsaturated/α-hetero) is 1. The third-order valence-corrected chi connectivity index (χ3v) is 4.44. The summed E-state index contributed by atoms with van der Waals surface area (Å²) in [6.07, 6.45) is 3.00. The molecule has 0 atom stereocenters. The number of ketones is 1. The number of nitrogens with zero attached hydrogens (tertiary/aromatic N) is 2. The van der Waals surface area contributed by atoms with E-state index >= 15 is 0 Å². The molecule has 25 heavy (non-hydrogen) atoms. The number of esters is 1. The summed E-state index contributed by atoms with van der Waals surface area (Å²) in [5.74, 6) is -0.742. The normalized spacial score (nSPS) is 11.1. The number of rotatable bonds is 5. The predicted molar refractivity (Wildman–Crippen MR) is 97.7 cm³/mol. The second-order valence-corrected chi connectivity index (χ2v) is 6.32. The fourth-order valence-corrected chi connectivity index (χ4v) is 2.71. The van der Waals surface area contributed by atoms with Gasteiger partial charge in [0.1, 0.15) is 0 Å². The molecule has 2 aromatic rings. The molecular weight excluding hydrogens is 316 g/mol. The third kappa shape index (κ3) is 4.24. The zero-order valence-corrected chi connectivity index (χ0v) is 15.6. The molecule has 5 nitrogen and oxygen atoms in total. The largest absolute Gasteiger partial charge is 0.454 e. The van der Waals surface area contributed by atoms with E-state index in [0.717, 1.165) is 33.6 Å². The molecule has 1 aromatic carbocycles. The first kappa shape index (κ1) is 18.6. The molecule has 2 rings (SSSR count). The van der Waals surface area contributed by atoms with Gasteiger partial charge >= 0.3 is 5.97 Å². The van der Waals surface area contributed by atoms with Gasteiger partial charge in [0.2, 0.25) is 5.78 Å². The summed E-state index contributed by atoms with van der Waals surface area (Å²) in [5, 5.41) is 4.29. The van der Waals surface area contributed by atoms with Gasteiger partial charge in [-0.3, -0.25) is 9.48 Å². The van der Waals surface area contributed by atoms with E-state index in [1.165, 1.54) is 6.08 Å². The Bertz CT molecular complexity index is 860. The van der Waals surface area contributed by atoms with Crippen molar-refractivity contribution in [1.29, 1.82) is 0 Å². The van der Waals surface area contributed by atoms with Crippen molar-refractivity contribution in [2.45, 2.75) is 34.6 Å². The minimum Gasteiger partial charge on any atom is -0.454 e. The Morgan fingerprint density at radius 3 is 2.32 bits per heavy atom. The van der Waals surface area contributed by atoms with Crippen LogP contribution in [0.5, 0.6) is 0 Å². The van der Waals surface area contributed by atoms with Gasteiger partial charge in [0, 0.05) is 29.9 Å². The van der Waals surface area contributed by atoms with Crippen LogP contribution < -0.4 is 0 Å².